The number of hydrogen-bond acceptors (Lipinski definition) is 6. The molecule has 0 N–H and O–H groups in total. The van der Waals surface area contributed by atoms with Crippen molar-refractivity contribution in [2.24, 2.45) is 0 Å². The van der Waals surface area contributed by atoms with Crippen LogP contribution in [0.3, 0.4) is 0 Å². The van der Waals surface area contributed by atoms with Gasteiger partial charge >= 0.3 is 11.9 Å². The molecule has 0 saturated heterocycles. The average molecular weight is 372 g/mol. The summed E-state index contributed by atoms with van der Waals surface area (Å²) in [5.74, 6) is 0.168. The molecule has 0 fully saturated rings. The first kappa shape index (κ1) is 20.3. The maximum atomic E-state index is 12.0. The van der Waals surface area contributed by atoms with E-state index in [2.05, 4.69) is 0 Å². The number of methoxy groups -OCH3 is 2. The molecule has 6 heteroatoms. The van der Waals surface area contributed by atoms with Crippen LogP contribution in [-0.2, 0) is 9.47 Å². The maximum absolute atomic E-state index is 12.0. The number of unbranched alkanes of at least 4 members (excludes halogenated alkanes) is 2. The monoisotopic (exact) mass is 372 g/mol. The van der Waals surface area contributed by atoms with E-state index in [4.69, 9.17) is 18.9 Å². The van der Waals surface area contributed by atoms with E-state index >= 15 is 0 Å². The highest BCUT2D eigenvalue weighted by atomic mass is 16.5. The lowest BCUT2D eigenvalue weighted by Gasteiger charge is -2.09. The van der Waals surface area contributed by atoms with Crippen molar-refractivity contribution in [3.05, 3.63) is 59.7 Å². The first-order valence-electron chi connectivity index (χ1n) is 8.77. The first-order chi connectivity index (χ1) is 13.2. The van der Waals surface area contributed by atoms with Crippen molar-refractivity contribution in [1.29, 1.82) is 0 Å². The minimum atomic E-state index is -0.407. The van der Waals surface area contributed by atoms with Gasteiger partial charge in [-0.25, -0.2) is 9.59 Å². The predicted octanol–water partition coefficient (Wildman–Crippen LogP) is 3.89. The summed E-state index contributed by atoms with van der Waals surface area (Å²) in [5, 5.41) is 0. The molecular weight excluding hydrogens is 348 g/mol. The smallest absolute Gasteiger partial charge is 0.341 e. The van der Waals surface area contributed by atoms with Crippen molar-refractivity contribution >= 4 is 11.9 Å². The number of rotatable bonds is 10. The van der Waals surface area contributed by atoms with Crippen molar-refractivity contribution in [3.63, 3.8) is 0 Å². The third-order valence-corrected chi connectivity index (χ3v) is 3.91. The Morgan fingerprint density at radius 2 is 1.07 bits per heavy atom. The molecule has 0 heterocycles. The van der Waals surface area contributed by atoms with E-state index in [1.807, 2.05) is 0 Å². The van der Waals surface area contributed by atoms with Crippen molar-refractivity contribution in [2.75, 3.05) is 27.4 Å². The fourth-order valence-corrected chi connectivity index (χ4v) is 2.49. The Morgan fingerprint density at radius 3 is 1.48 bits per heavy atom. The molecule has 144 valence electrons. The molecule has 0 aliphatic heterocycles. The van der Waals surface area contributed by atoms with Gasteiger partial charge in [-0.2, -0.15) is 0 Å². The Labute approximate surface area is 159 Å². The van der Waals surface area contributed by atoms with E-state index in [1.54, 1.807) is 48.5 Å². The highest BCUT2D eigenvalue weighted by Gasteiger charge is 2.13. The summed E-state index contributed by atoms with van der Waals surface area (Å²) in [6.45, 7) is 0.606. The second kappa shape index (κ2) is 10.9. The predicted molar refractivity (Wildman–Crippen MR) is 100 cm³/mol. The fourth-order valence-electron chi connectivity index (χ4n) is 2.49. The molecular formula is C21H24O6. The summed E-state index contributed by atoms with van der Waals surface area (Å²) in [7, 11) is 3.02. The molecule has 0 atom stereocenters. The van der Waals surface area contributed by atoms with Crippen LogP contribution in [0.25, 0.3) is 0 Å². The molecule has 0 unspecified atom stereocenters. The van der Waals surface area contributed by atoms with Crippen molar-refractivity contribution in [2.45, 2.75) is 19.3 Å². The number of para-hydroxylation sites is 2. The van der Waals surface area contributed by atoms with Crippen LogP contribution >= 0.6 is 0 Å². The van der Waals surface area contributed by atoms with E-state index < -0.39 is 11.9 Å². The van der Waals surface area contributed by atoms with Gasteiger partial charge in [-0.05, 0) is 43.5 Å². The molecule has 6 nitrogen and oxygen atoms in total. The van der Waals surface area contributed by atoms with E-state index in [0.29, 0.717) is 48.7 Å². The Balaban J connectivity index is 1.63. The topological polar surface area (TPSA) is 71.1 Å². The van der Waals surface area contributed by atoms with Gasteiger partial charge in [-0.3, -0.25) is 0 Å². The molecule has 27 heavy (non-hydrogen) atoms. The van der Waals surface area contributed by atoms with Gasteiger partial charge in [-0.15, -0.1) is 0 Å². The van der Waals surface area contributed by atoms with Crippen molar-refractivity contribution in [3.8, 4) is 11.5 Å². The van der Waals surface area contributed by atoms with Crippen LogP contribution in [0.15, 0.2) is 48.5 Å². The number of hydrogen-bond donors (Lipinski definition) is 0. The largest absolute Gasteiger partial charge is 0.496 e. The molecule has 0 saturated carbocycles. The zero-order valence-electron chi connectivity index (χ0n) is 15.6. The SMILES string of the molecule is COc1ccccc1C(=O)OCCCCCOC(=O)c1ccccc1OC. The summed E-state index contributed by atoms with van der Waals surface area (Å²) < 4.78 is 20.8. The first-order valence-corrected chi connectivity index (χ1v) is 8.77. The molecule has 2 aromatic carbocycles. The number of carbonyl (C=O) groups is 2. The lowest BCUT2D eigenvalue weighted by Crippen LogP contribution is -2.09. The molecule has 2 aromatic rings. The Hall–Kier alpha value is -3.02. The number of carbonyl (C=O) groups excluding carboxylic acids is 2. The van der Waals surface area contributed by atoms with Crippen LogP contribution in [0.4, 0.5) is 0 Å². The second-order valence-corrected chi connectivity index (χ2v) is 5.73. The number of ether oxygens (including phenoxy) is 4. The minimum absolute atomic E-state index is 0.303. The lowest BCUT2D eigenvalue weighted by molar-refractivity contribution is 0.0475. The van der Waals surface area contributed by atoms with Gasteiger partial charge in [0, 0.05) is 0 Å². The van der Waals surface area contributed by atoms with E-state index in [0.717, 1.165) is 6.42 Å². The van der Waals surface area contributed by atoms with Crippen LogP contribution in [0.1, 0.15) is 40.0 Å². The van der Waals surface area contributed by atoms with Gasteiger partial charge in [0.25, 0.3) is 0 Å². The molecule has 0 amide bonds. The van der Waals surface area contributed by atoms with Crippen LogP contribution in [0.2, 0.25) is 0 Å². The standard InChI is InChI=1S/C21H24O6/c1-24-18-12-6-4-10-16(18)20(22)26-14-8-3-9-15-27-21(23)17-11-5-7-13-19(17)25-2/h4-7,10-13H,3,8-9,14-15H2,1-2H3. The summed E-state index contributed by atoms with van der Waals surface area (Å²) in [6, 6.07) is 13.9. The Bertz CT molecular complexity index is 692. The van der Waals surface area contributed by atoms with Gasteiger partial charge in [0.1, 0.15) is 22.6 Å². The Kier molecular flexibility index (Phi) is 8.16. The van der Waals surface area contributed by atoms with Crippen LogP contribution in [0, 0.1) is 0 Å². The van der Waals surface area contributed by atoms with E-state index in [1.165, 1.54) is 14.2 Å². The van der Waals surface area contributed by atoms with Gasteiger partial charge < -0.3 is 18.9 Å². The normalized spacial score (nSPS) is 10.1. The highest BCUT2D eigenvalue weighted by Crippen LogP contribution is 2.19. The van der Waals surface area contributed by atoms with Crippen molar-refractivity contribution < 1.29 is 28.5 Å². The summed E-state index contributed by atoms with van der Waals surface area (Å²) in [5.41, 5.74) is 0.816. The minimum Gasteiger partial charge on any atom is -0.496 e. The average Bonchev–Trinajstić information content (AvgIpc) is 2.72. The summed E-state index contributed by atoms with van der Waals surface area (Å²) in [6.07, 6.45) is 2.15. The number of benzene rings is 2. The van der Waals surface area contributed by atoms with Crippen molar-refractivity contribution in [1.82, 2.24) is 0 Å². The van der Waals surface area contributed by atoms with Crippen LogP contribution < -0.4 is 9.47 Å². The molecule has 0 radical (unpaired) electrons. The van der Waals surface area contributed by atoms with Gasteiger partial charge in [0.15, 0.2) is 0 Å². The fraction of sp³-hybridized carbons (Fsp3) is 0.333. The van der Waals surface area contributed by atoms with Gasteiger partial charge in [0.2, 0.25) is 0 Å². The Morgan fingerprint density at radius 1 is 0.667 bits per heavy atom. The molecule has 0 aromatic heterocycles. The molecule has 0 aliphatic carbocycles. The molecule has 2 rings (SSSR count). The summed E-state index contributed by atoms with van der Waals surface area (Å²) >= 11 is 0. The maximum Gasteiger partial charge on any atom is 0.341 e. The van der Waals surface area contributed by atoms with Gasteiger partial charge in [-0.1, -0.05) is 24.3 Å². The number of esters is 2. The lowest BCUT2D eigenvalue weighted by atomic mass is 10.2. The third kappa shape index (κ3) is 6.02. The molecule has 0 spiro atoms. The quantitative estimate of drug-likeness (QED) is 0.465. The third-order valence-electron chi connectivity index (χ3n) is 3.91. The molecule has 0 bridgehead atoms. The zero-order valence-corrected chi connectivity index (χ0v) is 15.6. The highest BCUT2D eigenvalue weighted by molar-refractivity contribution is 5.93. The van der Waals surface area contributed by atoms with Crippen LogP contribution in [-0.4, -0.2) is 39.4 Å². The van der Waals surface area contributed by atoms with Gasteiger partial charge in [0.05, 0.1) is 27.4 Å². The van der Waals surface area contributed by atoms with E-state index in [9.17, 15) is 9.59 Å². The molecule has 0 aliphatic rings. The van der Waals surface area contributed by atoms with Crippen LogP contribution in [0.5, 0.6) is 11.5 Å². The zero-order chi connectivity index (χ0) is 19.5. The summed E-state index contributed by atoms with van der Waals surface area (Å²) in [4.78, 5) is 24.1. The van der Waals surface area contributed by atoms with E-state index in [-0.39, 0.29) is 0 Å². The second-order valence-electron chi connectivity index (χ2n) is 5.73.